The van der Waals surface area contributed by atoms with Crippen molar-refractivity contribution >= 4 is 22.4 Å². The third kappa shape index (κ3) is 4.51. The molecule has 0 spiro atoms. The van der Waals surface area contributed by atoms with Gasteiger partial charge >= 0.3 is 0 Å². The van der Waals surface area contributed by atoms with Crippen LogP contribution in [0.25, 0.3) is 22.8 Å². The van der Waals surface area contributed by atoms with Crippen molar-refractivity contribution in [2.75, 3.05) is 13.1 Å². The molecule has 1 aromatic heterocycles. The Morgan fingerprint density at radius 1 is 0.931 bits per heavy atom. The molecule has 1 aliphatic heterocycles. The quantitative estimate of drug-likeness (QED) is 0.659. The van der Waals surface area contributed by atoms with Crippen LogP contribution in [-0.4, -0.2) is 36.0 Å². The molecule has 2 heterocycles. The van der Waals surface area contributed by atoms with Gasteiger partial charge in [-0.15, -0.1) is 12.4 Å². The Kier molecular flexibility index (Phi) is 6.69. The maximum Gasteiger partial charge on any atom is 0.258 e. The van der Waals surface area contributed by atoms with E-state index in [9.17, 15) is 8.42 Å². The van der Waals surface area contributed by atoms with E-state index in [0.717, 1.165) is 30.4 Å². The van der Waals surface area contributed by atoms with Crippen molar-refractivity contribution in [3.05, 3.63) is 54.1 Å². The van der Waals surface area contributed by atoms with Crippen molar-refractivity contribution < 1.29 is 12.9 Å². The summed E-state index contributed by atoms with van der Waals surface area (Å²) < 4.78 is 32.4. The van der Waals surface area contributed by atoms with E-state index in [-0.39, 0.29) is 17.3 Å². The number of nitrogens with two attached hydrogens (primary N) is 1. The van der Waals surface area contributed by atoms with Gasteiger partial charge in [0.25, 0.3) is 5.89 Å². The van der Waals surface area contributed by atoms with Gasteiger partial charge in [-0.2, -0.15) is 9.29 Å². The van der Waals surface area contributed by atoms with Crippen LogP contribution in [0, 0.1) is 0 Å². The SMILES string of the molecule is Cl.NCc1ccc(-c2noc(-c3ccc(S(=O)(=O)N4CCCCC4)cc3)n2)cc1. The molecule has 0 saturated carbocycles. The summed E-state index contributed by atoms with van der Waals surface area (Å²) in [5, 5.41) is 4.02. The lowest BCUT2D eigenvalue weighted by Crippen LogP contribution is -2.35. The van der Waals surface area contributed by atoms with Crippen LogP contribution in [0.3, 0.4) is 0 Å². The maximum absolute atomic E-state index is 12.7. The van der Waals surface area contributed by atoms with Crippen LogP contribution in [0.2, 0.25) is 0 Å². The minimum atomic E-state index is -3.45. The van der Waals surface area contributed by atoms with Crippen molar-refractivity contribution in [3.63, 3.8) is 0 Å². The fourth-order valence-electron chi connectivity index (χ4n) is 3.27. The zero-order valence-corrected chi connectivity index (χ0v) is 17.5. The highest BCUT2D eigenvalue weighted by molar-refractivity contribution is 7.89. The van der Waals surface area contributed by atoms with Crippen LogP contribution in [0.1, 0.15) is 24.8 Å². The van der Waals surface area contributed by atoms with Gasteiger partial charge in [0.15, 0.2) is 0 Å². The molecule has 29 heavy (non-hydrogen) atoms. The first-order valence-corrected chi connectivity index (χ1v) is 10.8. The molecule has 4 rings (SSSR count). The normalized spacial score (nSPS) is 15.1. The van der Waals surface area contributed by atoms with Gasteiger partial charge in [-0.25, -0.2) is 8.42 Å². The van der Waals surface area contributed by atoms with E-state index in [0.29, 0.717) is 36.9 Å². The van der Waals surface area contributed by atoms with Gasteiger partial charge < -0.3 is 10.3 Å². The van der Waals surface area contributed by atoms with E-state index in [1.54, 1.807) is 28.6 Å². The van der Waals surface area contributed by atoms with E-state index in [4.69, 9.17) is 10.3 Å². The number of rotatable bonds is 5. The summed E-state index contributed by atoms with van der Waals surface area (Å²) >= 11 is 0. The number of hydrogen-bond acceptors (Lipinski definition) is 6. The lowest BCUT2D eigenvalue weighted by atomic mass is 10.1. The minimum Gasteiger partial charge on any atom is -0.334 e. The summed E-state index contributed by atoms with van der Waals surface area (Å²) in [4.78, 5) is 4.71. The van der Waals surface area contributed by atoms with Crippen molar-refractivity contribution in [2.45, 2.75) is 30.7 Å². The van der Waals surface area contributed by atoms with Crippen molar-refractivity contribution in [1.82, 2.24) is 14.4 Å². The second kappa shape index (κ2) is 9.04. The number of nitrogens with zero attached hydrogens (tertiary/aromatic N) is 3. The number of benzene rings is 2. The second-order valence-corrected chi connectivity index (χ2v) is 8.75. The molecule has 7 nitrogen and oxygen atoms in total. The van der Waals surface area contributed by atoms with Crippen LogP contribution in [0.15, 0.2) is 57.9 Å². The van der Waals surface area contributed by atoms with Gasteiger partial charge in [0.05, 0.1) is 4.90 Å². The Morgan fingerprint density at radius 2 is 1.55 bits per heavy atom. The smallest absolute Gasteiger partial charge is 0.258 e. The first-order chi connectivity index (χ1) is 13.6. The van der Waals surface area contributed by atoms with Crippen molar-refractivity contribution in [3.8, 4) is 22.8 Å². The Bertz CT molecular complexity index is 1040. The molecule has 1 aliphatic rings. The zero-order valence-electron chi connectivity index (χ0n) is 15.8. The Labute approximate surface area is 176 Å². The average molecular weight is 435 g/mol. The number of aromatic nitrogens is 2. The van der Waals surface area contributed by atoms with Crippen LogP contribution < -0.4 is 5.73 Å². The summed E-state index contributed by atoms with van der Waals surface area (Å²) in [5.41, 5.74) is 8.15. The molecule has 9 heteroatoms. The zero-order chi connectivity index (χ0) is 19.6. The van der Waals surface area contributed by atoms with Crippen LogP contribution >= 0.6 is 12.4 Å². The van der Waals surface area contributed by atoms with Crippen LogP contribution in [0.5, 0.6) is 0 Å². The molecule has 2 aromatic carbocycles. The molecule has 3 aromatic rings. The average Bonchev–Trinajstić information content (AvgIpc) is 3.25. The molecule has 154 valence electrons. The summed E-state index contributed by atoms with van der Waals surface area (Å²) in [7, 11) is -3.45. The minimum absolute atomic E-state index is 0. The van der Waals surface area contributed by atoms with Crippen molar-refractivity contribution in [2.24, 2.45) is 5.73 Å². The highest BCUT2D eigenvalue weighted by Gasteiger charge is 2.26. The predicted molar refractivity (Wildman–Crippen MR) is 113 cm³/mol. The van der Waals surface area contributed by atoms with Gasteiger partial charge in [-0.3, -0.25) is 0 Å². The molecule has 2 N–H and O–H groups in total. The number of halogens is 1. The molecule has 0 radical (unpaired) electrons. The van der Waals surface area contributed by atoms with Crippen LogP contribution in [-0.2, 0) is 16.6 Å². The van der Waals surface area contributed by atoms with Crippen LogP contribution in [0.4, 0.5) is 0 Å². The van der Waals surface area contributed by atoms with E-state index in [1.807, 2.05) is 24.3 Å². The Morgan fingerprint density at radius 3 is 2.17 bits per heavy atom. The van der Waals surface area contributed by atoms with Crippen molar-refractivity contribution in [1.29, 1.82) is 0 Å². The van der Waals surface area contributed by atoms with E-state index in [1.165, 1.54) is 0 Å². The molecule has 0 atom stereocenters. The van der Waals surface area contributed by atoms with E-state index in [2.05, 4.69) is 10.1 Å². The van der Waals surface area contributed by atoms with Gasteiger partial charge in [0.1, 0.15) is 0 Å². The molecule has 0 bridgehead atoms. The fourth-order valence-corrected chi connectivity index (χ4v) is 4.79. The lowest BCUT2D eigenvalue weighted by Gasteiger charge is -2.25. The summed E-state index contributed by atoms with van der Waals surface area (Å²) in [6.07, 6.45) is 2.90. The molecule has 0 aliphatic carbocycles. The largest absolute Gasteiger partial charge is 0.334 e. The predicted octanol–water partition coefficient (Wildman–Crippen LogP) is 3.46. The summed E-state index contributed by atoms with van der Waals surface area (Å²) in [6.45, 7) is 1.64. The molecule has 0 amide bonds. The molecule has 1 fully saturated rings. The first kappa shape index (κ1) is 21.4. The number of piperidine rings is 1. The standard InChI is InChI=1S/C20H22N4O3S.ClH/c21-14-15-4-6-16(7-5-15)19-22-20(27-23-19)17-8-10-18(11-9-17)28(25,26)24-12-2-1-3-13-24;/h4-11H,1-3,12-14,21H2;1H. The Balaban J connectivity index is 0.00000240. The van der Waals surface area contributed by atoms with Gasteiger partial charge in [-0.05, 0) is 42.7 Å². The van der Waals surface area contributed by atoms with Gasteiger partial charge in [0, 0.05) is 30.8 Å². The summed E-state index contributed by atoms with van der Waals surface area (Å²) in [5.74, 6) is 0.823. The number of hydrogen-bond donors (Lipinski definition) is 1. The highest BCUT2D eigenvalue weighted by Crippen LogP contribution is 2.26. The molecular weight excluding hydrogens is 412 g/mol. The Hall–Kier alpha value is -2.26. The fraction of sp³-hybridized carbons (Fsp3) is 0.300. The third-order valence-corrected chi connectivity index (χ3v) is 6.84. The third-order valence-electron chi connectivity index (χ3n) is 4.93. The molecular formula is C20H23ClN4O3S. The summed E-state index contributed by atoms with van der Waals surface area (Å²) in [6, 6.07) is 14.2. The van der Waals surface area contributed by atoms with E-state index >= 15 is 0 Å². The first-order valence-electron chi connectivity index (χ1n) is 9.31. The molecule has 0 unspecified atom stereocenters. The molecule has 1 saturated heterocycles. The maximum atomic E-state index is 12.7. The second-order valence-electron chi connectivity index (χ2n) is 6.81. The monoisotopic (exact) mass is 434 g/mol. The van der Waals surface area contributed by atoms with Gasteiger partial charge in [0.2, 0.25) is 15.8 Å². The highest BCUT2D eigenvalue weighted by atomic mass is 35.5. The van der Waals surface area contributed by atoms with Gasteiger partial charge in [-0.1, -0.05) is 35.8 Å². The topological polar surface area (TPSA) is 102 Å². The van der Waals surface area contributed by atoms with E-state index < -0.39 is 10.0 Å². The number of sulfonamides is 1. The lowest BCUT2D eigenvalue weighted by molar-refractivity contribution is 0.346.